The van der Waals surface area contributed by atoms with Crippen LogP contribution in [-0.4, -0.2) is 77.9 Å². The molecule has 0 amide bonds. The van der Waals surface area contributed by atoms with Gasteiger partial charge in [0.2, 0.25) is 0 Å². The molecule has 0 aliphatic rings. The van der Waals surface area contributed by atoms with E-state index in [2.05, 4.69) is 0 Å². The zero-order valence-corrected chi connectivity index (χ0v) is 22.8. The standard InChI is InChI=1S/C20H36N2O8S3/c1-19(2,3)29-15(23)11(9-31-7)13(21)17(25)33(27,28)18(26)14(22)12(10-32-8)16(24)30-20(4,5)6/h11-14H,9-10,21-22H2,1-8H3/t11?,12?,13-,14-/m0/s1. The van der Waals surface area contributed by atoms with Crippen molar-refractivity contribution in [3.8, 4) is 0 Å². The molecule has 0 heterocycles. The summed E-state index contributed by atoms with van der Waals surface area (Å²) in [7, 11) is -5.18. The van der Waals surface area contributed by atoms with Crippen LogP contribution in [0.4, 0.5) is 0 Å². The predicted molar refractivity (Wildman–Crippen MR) is 130 cm³/mol. The Morgan fingerprint density at radius 2 is 1.00 bits per heavy atom. The normalized spacial score (nSPS) is 16.3. The smallest absolute Gasteiger partial charge is 0.312 e. The number of hydrogen-bond donors (Lipinski definition) is 2. The average Bonchev–Trinajstić information content (AvgIpc) is 2.64. The minimum Gasteiger partial charge on any atom is -0.460 e. The number of hydrogen-bond acceptors (Lipinski definition) is 12. The Bertz CT molecular complexity index is 769. The fourth-order valence-electron chi connectivity index (χ4n) is 2.54. The highest BCUT2D eigenvalue weighted by Gasteiger charge is 2.46. The average molecular weight is 529 g/mol. The van der Waals surface area contributed by atoms with Gasteiger partial charge in [0.15, 0.2) is 0 Å². The minimum atomic E-state index is -5.18. The van der Waals surface area contributed by atoms with E-state index < -0.39 is 67.1 Å². The van der Waals surface area contributed by atoms with Crippen LogP contribution >= 0.6 is 23.5 Å². The van der Waals surface area contributed by atoms with E-state index in [0.29, 0.717) is 0 Å². The van der Waals surface area contributed by atoms with E-state index in [9.17, 15) is 27.6 Å². The van der Waals surface area contributed by atoms with Crippen molar-refractivity contribution in [2.45, 2.75) is 64.8 Å². The number of rotatable bonds is 10. The SMILES string of the molecule is CSCC(C(=O)OC(C)(C)C)[C@H](N)C(=O)S(=O)(=O)C(=O)[C@@H](N)C(CSC)C(=O)OC(C)(C)C. The van der Waals surface area contributed by atoms with Crippen molar-refractivity contribution in [1.29, 1.82) is 0 Å². The first-order valence-corrected chi connectivity index (χ1v) is 14.3. The summed E-state index contributed by atoms with van der Waals surface area (Å²) in [5, 5.41) is -3.31. The second-order valence-corrected chi connectivity index (χ2v) is 13.0. The fourth-order valence-corrected chi connectivity index (χ4v) is 5.19. The van der Waals surface area contributed by atoms with Crippen LogP contribution in [-0.2, 0) is 38.5 Å². The first-order chi connectivity index (χ1) is 14.8. The van der Waals surface area contributed by atoms with Crippen LogP contribution in [0.1, 0.15) is 41.5 Å². The van der Waals surface area contributed by atoms with Crippen LogP contribution in [0.5, 0.6) is 0 Å². The lowest BCUT2D eigenvalue weighted by molar-refractivity contribution is -0.161. The maximum atomic E-state index is 12.8. The number of thioether (sulfide) groups is 2. The number of carbonyl (C=O) groups is 4. The lowest BCUT2D eigenvalue weighted by Gasteiger charge is -2.27. The molecule has 0 radical (unpaired) electrons. The van der Waals surface area contributed by atoms with Gasteiger partial charge in [-0.1, -0.05) is 0 Å². The Labute approximate surface area is 204 Å². The van der Waals surface area contributed by atoms with Gasteiger partial charge in [0.05, 0.1) is 23.9 Å². The third-order valence-electron chi connectivity index (χ3n) is 4.05. The zero-order chi connectivity index (χ0) is 26.4. The zero-order valence-electron chi connectivity index (χ0n) is 20.4. The van der Waals surface area contributed by atoms with E-state index >= 15 is 0 Å². The Morgan fingerprint density at radius 3 is 1.21 bits per heavy atom. The van der Waals surface area contributed by atoms with Crippen molar-refractivity contribution in [2.24, 2.45) is 23.3 Å². The van der Waals surface area contributed by atoms with Gasteiger partial charge in [0, 0.05) is 11.5 Å². The van der Waals surface area contributed by atoms with E-state index in [4.69, 9.17) is 20.9 Å². The van der Waals surface area contributed by atoms with Gasteiger partial charge in [-0.2, -0.15) is 23.5 Å². The first-order valence-electron chi connectivity index (χ1n) is 10.1. The largest absolute Gasteiger partial charge is 0.460 e. The Kier molecular flexibility index (Phi) is 12.1. The number of carbonyl (C=O) groups excluding carboxylic acids is 4. The van der Waals surface area contributed by atoms with E-state index in [1.54, 1.807) is 54.1 Å². The Hall–Kier alpha value is -1.15. The van der Waals surface area contributed by atoms with E-state index in [1.807, 2.05) is 0 Å². The second kappa shape index (κ2) is 12.5. The topological polar surface area (TPSA) is 173 Å². The summed E-state index contributed by atoms with van der Waals surface area (Å²) in [6, 6.07) is -3.71. The van der Waals surface area contributed by atoms with Gasteiger partial charge < -0.3 is 20.9 Å². The highest BCUT2D eigenvalue weighted by molar-refractivity contribution is 8.19. The van der Waals surface area contributed by atoms with Crippen LogP contribution in [0.3, 0.4) is 0 Å². The second-order valence-electron chi connectivity index (χ2n) is 9.38. The summed E-state index contributed by atoms with van der Waals surface area (Å²) in [5.41, 5.74) is 9.88. The monoisotopic (exact) mass is 528 g/mol. The van der Waals surface area contributed by atoms with Gasteiger partial charge in [0.25, 0.3) is 20.1 Å². The molecule has 0 rings (SSSR count). The van der Waals surface area contributed by atoms with Gasteiger partial charge >= 0.3 is 11.9 Å². The summed E-state index contributed by atoms with van der Waals surface area (Å²) in [6.45, 7) is 9.64. The Balaban J connectivity index is 5.88. The van der Waals surface area contributed by atoms with Crippen LogP contribution < -0.4 is 11.5 Å². The molecule has 10 nitrogen and oxygen atoms in total. The highest BCUT2D eigenvalue weighted by atomic mass is 32.2. The first kappa shape index (κ1) is 31.9. The summed E-state index contributed by atoms with van der Waals surface area (Å²) in [6.07, 6.45) is 3.27. The lowest BCUT2D eigenvalue weighted by Crippen LogP contribution is -2.53. The van der Waals surface area contributed by atoms with Gasteiger partial charge in [-0.3, -0.25) is 19.2 Å². The van der Waals surface area contributed by atoms with E-state index in [1.165, 1.54) is 0 Å². The van der Waals surface area contributed by atoms with Crippen LogP contribution in [0.2, 0.25) is 0 Å². The fraction of sp³-hybridized carbons (Fsp3) is 0.800. The third-order valence-corrected chi connectivity index (χ3v) is 7.04. The maximum Gasteiger partial charge on any atom is 0.312 e. The van der Waals surface area contributed by atoms with Crippen LogP contribution in [0.15, 0.2) is 0 Å². The molecular formula is C20H36N2O8S3. The number of esters is 2. The molecule has 0 aliphatic carbocycles. The summed E-state index contributed by atoms with van der Waals surface area (Å²) in [4.78, 5) is 50.5. The van der Waals surface area contributed by atoms with Crippen molar-refractivity contribution in [2.75, 3.05) is 24.0 Å². The molecule has 0 spiro atoms. The van der Waals surface area contributed by atoms with Crippen LogP contribution in [0.25, 0.3) is 0 Å². The molecule has 0 saturated heterocycles. The Morgan fingerprint density at radius 1 is 0.727 bits per heavy atom. The molecule has 0 aliphatic heterocycles. The highest BCUT2D eigenvalue weighted by Crippen LogP contribution is 2.22. The molecular weight excluding hydrogens is 492 g/mol. The van der Waals surface area contributed by atoms with Crippen molar-refractivity contribution in [3.63, 3.8) is 0 Å². The lowest BCUT2D eigenvalue weighted by atomic mass is 10.0. The molecule has 0 saturated carbocycles. The van der Waals surface area contributed by atoms with Gasteiger partial charge in [-0.25, -0.2) is 8.42 Å². The maximum absolute atomic E-state index is 12.8. The minimum absolute atomic E-state index is 0.00933. The number of ether oxygens (including phenoxy) is 2. The molecule has 2 unspecified atom stereocenters. The van der Waals surface area contributed by atoms with E-state index in [0.717, 1.165) is 23.5 Å². The molecule has 0 aromatic rings. The third kappa shape index (κ3) is 9.93. The van der Waals surface area contributed by atoms with Gasteiger partial charge in [0.1, 0.15) is 11.2 Å². The van der Waals surface area contributed by atoms with Gasteiger partial charge in [-0.05, 0) is 54.1 Å². The molecule has 4 N–H and O–H groups in total. The molecule has 13 heteroatoms. The quantitative estimate of drug-likeness (QED) is 0.381. The molecule has 0 bridgehead atoms. The van der Waals surface area contributed by atoms with E-state index in [-0.39, 0.29) is 11.5 Å². The molecule has 33 heavy (non-hydrogen) atoms. The van der Waals surface area contributed by atoms with Crippen molar-refractivity contribution in [3.05, 3.63) is 0 Å². The summed E-state index contributed by atoms with van der Waals surface area (Å²) >= 11 is 2.31. The number of sulfone groups is 1. The molecule has 0 aromatic heterocycles. The van der Waals surface area contributed by atoms with Crippen LogP contribution in [0, 0.1) is 11.8 Å². The molecule has 0 aromatic carbocycles. The number of nitrogens with two attached hydrogens (primary N) is 2. The van der Waals surface area contributed by atoms with Crippen molar-refractivity contribution in [1.82, 2.24) is 0 Å². The molecule has 4 atom stereocenters. The summed E-state index contributed by atoms with van der Waals surface area (Å²) in [5.74, 6) is -4.36. The molecule has 0 fully saturated rings. The van der Waals surface area contributed by atoms with Gasteiger partial charge in [-0.15, -0.1) is 0 Å². The predicted octanol–water partition coefficient (Wildman–Crippen LogP) is 0.751. The molecule has 192 valence electrons. The van der Waals surface area contributed by atoms with Crippen molar-refractivity contribution >= 4 is 55.5 Å². The van der Waals surface area contributed by atoms with Crippen molar-refractivity contribution < 1.29 is 37.1 Å². The summed E-state index contributed by atoms with van der Waals surface area (Å²) < 4.78 is 36.0.